The van der Waals surface area contributed by atoms with Crippen LogP contribution < -0.4 is 0 Å². The van der Waals surface area contributed by atoms with Crippen LogP contribution in [0.3, 0.4) is 0 Å². The SMILES string of the molecule is Fc1cccc(CSc2ncnc3c2cnn3Cc2ccccc2)c1. The molecule has 4 aromatic rings. The molecule has 0 aliphatic rings. The molecule has 0 aliphatic carbocycles. The molecule has 0 atom stereocenters. The Hall–Kier alpha value is -2.73. The molecule has 0 aliphatic heterocycles. The Kier molecular flexibility index (Phi) is 4.43. The van der Waals surface area contributed by atoms with E-state index in [4.69, 9.17) is 0 Å². The minimum atomic E-state index is -0.221. The fourth-order valence-corrected chi connectivity index (χ4v) is 3.54. The average Bonchev–Trinajstić information content (AvgIpc) is 3.04. The lowest BCUT2D eigenvalue weighted by Crippen LogP contribution is -2.02. The zero-order valence-electron chi connectivity index (χ0n) is 13.3. The average molecular weight is 350 g/mol. The predicted molar refractivity (Wildman–Crippen MR) is 96.8 cm³/mol. The Labute approximate surface area is 148 Å². The number of thioether (sulfide) groups is 1. The molecule has 0 fully saturated rings. The molecule has 25 heavy (non-hydrogen) atoms. The number of benzene rings is 2. The number of aromatic nitrogens is 4. The molecule has 0 spiro atoms. The van der Waals surface area contributed by atoms with E-state index in [2.05, 4.69) is 27.2 Å². The van der Waals surface area contributed by atoms with Gasteiger partial charge in [-0.25, -0.2) is 19.0 Å². The van der Waals surface area contributed by atoms with Gasteiger partial charge in [-0.05, 0) is 23.3 Å². The number of fused-ring (bicyclic) bond motifs is 1. The van der Waals surface area contributed by atoms with E-state index >= 15 is 0 Å². The van der Waals surface area contributed by atoms with Crippen LogP contribution in [0.4, 0.5) is 4.39 Å². The van der Waals surface area contributed by atoms with Gasteiger partial charge in [0.05, 0.1) is 18.1 Å². The molecule has 0 amide bonds. The summed E-state index contributed by atoms with van der Waals surface area (Å²) in [5, 5.41) is 6.23. The Morgan fingerprint density at radius 3 is 2.64 bits per heavy atom. The van der Waals surface area contributed by atoms with Gasteiger partial charge in [0.1, 0.15) is 17.2 Å². The highest BCUT2D eigenvalue weighted by Gasteiger charge is 2.11. The molecule has 0 saturated carbocycles. The molecule has 124 valence electrons. The number of nitrogens with zero attached hydrogens (tertiary/aromatic N) is 4. The van der Waals surface area contributed by atoms with E-state index in [1.807, 2.05) is 28.9 Å². The molecule has 2 heterocycles. The minimum absolute atomic E-state index is 0.221. The van der Waals surface area contributed by atoms with Gasteiger partial charge in [0.2, 0.25) is 0 Å². The first-order valence-electron chi connectivity index (χ1n) is 7.87. The summed E-state index contributed by atoms with van der Waals surface area (Å²) in [6, 6.07) is 16.8. The van der Waals surface area contributed by atoms with E-state index in [1.54, 1.807) is 36.4 Å². The lowest BCUT2D eigenvalue weighted by Gasteiger charge is -2.05. The van der Waals surface area contributed by atoms with Crippen LogP contribution in [0.25, 0.3) is 11.0 Å². The van der Waals surface area contributed by atoms with Crippen molar-refractivity contribution in [2.75, 3.05) is 0 Å². The van der Waals surface area contributed by atoms with Gasteiger partial charge in [0.15, 0.2) is 5.65 Å². The maximum atomic E-state index is 13.3. The molecular formula is C19H15FN4S. The predicted octanol–water partition coefficient (Wildman–Crippen LogP) is 4.31. The molecule has 0 saturated heterocycles. The molecule has 6 heteroatoms. The van der Waals surface area contributed by atoms with Gasteiger partial charge in [0.25, 0.3) is 0 Å². The fraction of sp³-hybridized carbons (Fsp3) is 0.105. The van der Waals surface area contributed by atoms with Gasteiger partial charge < -0.3 is 0 Å². The topological polar surface area (TPSA) is 43.6 Å². The largest absolute Gasteiger partial charge is 0.243 e. The molecule has 0 N–H and O–H groups in total. The van der Waals surface area contributed by atoms with Crippen molar-refractivity contribution < 1.29 is 4.39 Å². The van der Waals surface area contributed by atoms with Crippen LogP contribution in [-0.2, 0) is 12.3 Å². The van der Waals surface area contributed by atoms with Crippen LogP contribution in [0, 0.1) is 5.82 Å². The van der Waals surface area contributed by atoms with Crippen molar-refractivity contribution in [1.82, 2.24) is 19.7 Å². The quantitative estimate of drug-likeness (QED) is 0.397. The minimum Gasteiger partial charge on any atom is -0.243 e. The monoisotopic (exact) mass is 350 g/mol. The smallest absolute Gasteiger partial charge is 0.162 e. The molecule has 0 unspecified atom stereocenters. The lowest BCUT2D eigenvalue weighted by atomic mass is 10.2. The zero-order chi connectivity index (χ0) is 17.1. The Bertz CT molecular complexity index is 1000. The molecule has 2 aromatic heterocycles. The van der Waals surface area contributed by atoms with Crippen molar-refractivity contribution in [2.24, 2.45) is 0 Å². The number of halogens is 1. The summed E-state index contributed by atoms with van der Waals surface area (Å²) in [5.74, 6) is 0.426. The van der Waals surface area contributed by atoms with Crippen LogP contribution in [0.1, 0.15) is 11.1 Å². The summed E-state index contributed by atoms with van der Waals surface area (Å²) < 4.78 is 15.2. The second-order valence-corrected chi connectivity index (χ2v) is 6.59. The summed E-state index contributed by atoms with van der Waals surface area (Å²) in [5.41, 5.74) is 2.90. The number of hydrogen-bond donors (Lipinski definition) is 0. The van der Waals surface area contributed by atoms with Crippen molar-refractivity contribution in [2.45, 2.75) is 17.3 Å². The fourth-order valence-electron chi connectivity index (χ4n) is 2.64. The highest BCUT2D eigenvalue weighted by atomic mass is 32.2. The summed E-state index contributed by atoms with van der Waals surface area (Å²) in [6.07, 6.45) is 3.35. The van der Waals surface area contributed by atoms with Crippen LogP contribution in [0.15, 0.2) is 72.1 Å². The summed E-state index contributed by atoms with van der Waals surface area (Å²) in [6.45, 7) is 0.662. The van der Waals surface area contributed by atoms with E-state index < -0.39 is 0 Å². The van der Waals surface area contributed by atoms with Crippen molar-refractivity contribution in [3.8, 4) is 0 Å². The Balaban J connectivity index is 1.58. The third kappa shape index (κ3) is 3.53. The highest BCUT2D eigenvalue weighted by Crippen LogP contribution is 2.27. The van der Waals surface area contributed by atoms with Crippen LogP contribution in [-0.4, -0.2) is 19.7 Å². The van der Waals surface area contributed by atoms with E-state index in [9.17, 15) is 4.39 Å². The van der Waals surface area contributed by atoms with Gasteiger partial charge >= 0.3 is 0 Å². The molecule has 2 aromatic carbocycles. The van der Waals surface area contributed by atoms with Crippen molar-refractivity contribution in [3.63, 3.8) is 0 Å². The molecule has 0 radical (unpaired) electrons. The zero-order valence-corrected chi connectivity index (χ0v) is 14.2. The van der Waals surface area contributed by atoms with Crippen LogP contribution in [0.2, 0.25) is 0 Å². The van der Waals surface area contributed by atoms with E-state index in [-0.39, 0.29) is 5.82 Å². The maximum absolute atomic E-state index is 13.3. The standard InChI is InChI=1S/C19H15FN4S/c20-16-8-4-7-15(9-16)12-25-19-17-10-23-24(18(17)21-13-22-19)11-14-5-2-1-3-6-14/h1-10,13H,11-12H2. The second-order valence-electron chi connectivity index (χ2n) is 5.62. The van der Waals surface area contributed by atoms with Gasteiger partial charge in [-0.1, -0.05) is 42.5 Å². The normalized spacial score (nSPS) is 11.1. The lowest BCUT2D eigenvalue weighted by molar-refractivity contribution is 0.626. The van der Waals surface area contributed by atoms with Gasteiger partial charge in [-0.2, -0.15) is 5.10 Å². The second kappa shape index (κ2) is 7.03. The first-order chi connectivity index (χ1) is 12.3. The summed E-state index contributed by atoms with van der Waals surface area (Å²) in [4.78, 5) is 8.75. The van der Waals surface area contributed by atoms with Gasteiger partial charge in [-0.3, -0.25) is 0 Å². The third-order valence-corrected chi connectivity index (χ3v) is 4.91. The first kappa shape index (κ1) is 15.8. The van der Waals surface area contributed by atoms with Gasteiger partial charge in [-0.15, -0.1) is 11.8 Å². The number of hydrogen-bond acceptors (Lipinski definition) is 4. The third-order valence-electron chi connectivity index (χ3n) is 3.84. The summed E-state index contributed by atoms with van der Waals surface area (Å²) >= 11 is 1.56. The molecular weight excluding hydrogens is 335 g/mol. The van der Waals surface area contributed by atoms with Gasteiger partial charge in [0, 0.05) is 5.75 Å². The Morgan fingerprint density at radius 1 is 0.960 bits per heavy atom. The van der Waals surface area contributed by atoms with Crippen molar-refractivity contribution >= 4 is 22.8 Å². The summed E-state index contributed by atoms with van der Waals surface area (Å²) in [7, 11) is 0. The van der Waals surface area contributed by atoms with Crippen molar-refractivity contribution in [3.05, 3.63) is 84.1 Å². The maximum Gasteiger partial charge on any atom is 0.162 e. The molecule has 4 rings (SSSR count). The number of rotatable bonds is 5. The van der Waals surface area contributed by atoms with Crippen LogP contribution >= 0.6 is 11.8 Å². The first-order valence-corrected chi connectivity index (χ1v) is 8.86. The highest BCUT2D eigenvalue weighted by molar-refractivity contribution is 7.98. The van der Waals surface area contributed by atoms with E-state index in [0.29, 0.717) is 12.3 Å². The van der Waals surface area contributed by atoms with E-state index in [1.165, 1.54) is 11.6 Å². The Morgan fingerprint density at radius 2 is 1.80 bits per heavy atom. The van der Waals surface area contributed by atoms with Crippen LogP contribution in [0.5, 0.6) is 0 Å². The molecule has 0 bridgehead atoms. The van der Waals surface area contributed by atoms with Crippen molar-refractivity contribution in [1.29, 1.82) is 0 Å². The van der Waals surface area contributed by atoms with E-state index in [0.717, 1.165) is 21.6 Å². The molecule has 4 nitrogen and oxygen atoms in total.